The highest BCUT2D eigenvalue weighted by Gasteiger charge is 2.26. The van der Waals surface area contributed by atoms with Gasteiger partial charge in [-0.15, -0.1) is 12.4 Å². The average Bonchev–Trinajstić information content (AvgIpc) is 2.77. The fraction of sp³-hybridized carbons (Fsp3) is 0.462. The standard InChI is InChI=1S/C13H18N2O.ClH/c1-10-4-2-3-5-12(10)13(16)15-7-6-11(8-14)9-15;/h2-5,11H,6-9,14H2,1H3;1H. The van der Waals surface area contributed by atoms with Crippen LogP contribution < -0.4 is 5.73 Å². The summed E-state index contributed by atoms with van der Waals surface area (Å²) in [5.41, 5.74) is 7.49. The van der Waals surface area contributed by atoms with Crippen LogP contribution in [-0.2, 0) is 0 Å². The van der Waals surface area contributed by atoms with Gasteiger partial charge in [-0.05, 0) is 37.4 Å². The van der Waals surface area contributed by atoms with E-state index in [9.17, 15) is 4.79 Å². The number of aryl methyl sites for hydroxylation is 1. The Morgan fingerprint density at radius 3 is 2.76 bits per heavy atom. The molecule has 0 radical (unpaired) electrons. The van der Waals surface area contributed by atoms with E-state index in [1.54, 1.807) is 0 Å². The van der Waals surface area contributed by atoms with Crippen LogP contribution in [0.2, 0.25) is 0 Å². The van der Waals surface area contributed by atoms with Gasteiger partial charge in [-0.25, -0.2) is 0 Å². The fourth-order valence-corrected chi connectivity index (χ4v) is 2.19. The van der Waals surface area contributed by atoms with Gasteiger partial charge in [-0.1, -0.05) is 18.2 Å². The normalized spacial score (nSPS) is 18.9. The lowest BCUT2D eigenvalue weighted by Gasteiger charge is -2.17. The van der Waals surface area contributed by atoms with E-state index in [4.69, 9.17) is 5.73 Å². The van der Waals surface area contributed by atoms with Gasteiger partial charge in [0, 0.05) is 18.7 Å². The van der Waals surface area contributed by atoms with Gasteiger partial charge in [0.2, 0.25) is 0 Å². The number of hydrogen-bond acceptors (Lipinski definition) is 2. The number of rotatable bonds is 2. The third-order valence-corrected chi connectivity index (χ3v) is 3.28. The minimum Gasteiger partial charge on any atom is -0.338 e. The summed E-state index contributed by atoms with van der Waals surface area (Å²) in [4.78, 5) is 14.1. The van der Waals surface area contributed by atoms with Crippen LogP contribution in [0.5, 0.6) is 0 Å². The molecule has 2 N–H and O–H groups in total. The zero-order valence-corrected chi connectivity index (χ0v) is 10.9. The van der Waals surface area contributed by atoms with Crippen LogP contribution in [0.4, 0.5) is 0 Å². The number of nitrogens with two attached hydrogens (primary N) is 1. The summed E-state index contributed by atoms with van der Waals surface area (Å²) in [7, 11) is 0. The van der Waals surface area contributed by atoms with Gasteiger partial charge in [0.15, 0.2) is 0 Å². The highest BCUT2D eigenvalue weighted by Crippen LogP contribution is 2.19. The van der Waals surface area contributed by atoms with Crippen LogP contribution >= 0.6 is 12.4 Å². The number of benzene rings is 1. The highest BCUT2D eigenvalue weighted by molar-refractivity contribution is 5.95. The summed E-state index contributed by atoms with van der Waals surface area (Å²) in [6, 6.07) is 7.74. The van der Waals surface area contributed by atoms with Gasteiger partial charge in [0.1, 0.15) is 0 Å². The van der Waals surface area contributed by atoms with Gasteiger partial charge in [0.25, 0.3) is 5.91 Å². The monoisotopic (exact) mass is 254 g/mol. The molecule has 0 spiro atoms. The minimum absolute atomic E-state index is 0. The molecule has 94 valence electrons. The van der Waals surface area contributed by atoms with Crippen LogP contribution in [0.15, 0.2) is 24.3 Å². The molecule has 1 amide bonds. The predicted molar refractivity (Wildman–Crippen MR) is 71.5 cm³/mol. The van der Waals surface area contributed by atoms with E-state index in [0.29, 0.717) is 12.5 Å². The van der Waals surface area contributed by atoms with E-state index in [2.05, 4.69) is 0 Å². The second-order valence-electron chi connectivity index (χ2n) is 4.46. The topological polar surface area (TPSA) is 46.3 Å². The zero-order chi connectivity index (χ0) is 11.5. The molecule has 4 heteroatoms. The molecule has 0 aromatic heterocycles. The molecule has 17 heavy (non-hydrogen) atoms. The van der Waals surface area contributed by atoms with Gasteiger partial charge in [0.05, 0.1) is 0 Å². The first-order valence-electron chi connectivity index (χ1n) is 5.77. The van der Waals surface area contributed by atoms with Crippen LogP contribution in [0.25, 0.3) is 0 Å². The molecule has 1 heterocycles. The first-order chi connectivity index (χ1) is 7.72. The van der Waals surface area contributed by atoms with Gasteiger partial charge < -0.3 is 10.6 Å². The van der Waals surface area contributed by atoms with Crippen LogP contribution in [0.3, 0.4) is 0 Å². The summed E-state index contributed by atoms with van der Waals surface area (Å²) in [5, 5.41) is 0. The lowest BCUT2D eigenvalue weighted by atomic mass is 10.1. The Balaban J connectivity index is 0.00000144. The first-order valence-corrected chi connectivity index (χ1v) is 5.77. The molecule has 1 aromatic rings. The Hall–Kier alpha value is -1.06. The molecule has 1 saturated heterocycles. The number of hydrogen-bond donors (Lipinski definition) is 1. The van der Waals surface area contributed by atoms with Crippen molar-refractivity contribution in [1.82, 2.24) is 4.90 Å². The van der Waals surface area contributed by atoms with Crippen molar-refractivity contribution in [2.45, 2.75) is 13.3 Å². The van der Waals surface area contributed by atoms with Crippen molar-refractivity contribution in [2.75, 3.05) is 19.6 Å². The second-order valence-corrected chi connectivity index (χ2v) is 4.46. The molecule has 1 aliphatic rings. The predicted octanol–water partition coefficient (Wildman–Crippen LogP) is 1.84. The van der Waals surface area contributed by atoms with Crippen molar-refractivity contribution in [3.63, 3.8) is 0 Å². The van der Waals surface area contributed by atoms with E-state index in [-0.39, 0.29) is 18.3 Å². The zero-order valence-electron chi connectivity index (χ0n) is 10.1. The van der Waals surface area contributed by atoms with Crippen molar-refractivity contribution in [3.8, 4) is 0 Å². The Kier molecular flexibility index (Phi) is 4.97. The van der Waals surface area contributed by atoms with Crippen LogP contribution in [0, 0.1) is 12.8 Å². The summed E-state index contributed by atoms with van der Waals surface area (Å²) in [6.45, 7) is 4.31. The highest BCUT2D eigenvalue weighted by atomic mass is 35.5. The third-order valence-electron chi connectivity index (χ3n) is 3.28. The Morgan fingerprint density at radius 2 is 2.18 bits per heavy atom. The summed E-state index contributed by atoms with van der Waals surface area (Å²) in [5.74, 6) is 0.627. The lowest BCUT2D eigenvalue weighted by Crippen LogP contribution is -2.30. The lowest BCUT2D eigenvalue weighted by molar-refractivity contribution is 0.0787. The van der Waals surface area contributed by atoms with Gasteiger partial charge in [-0.2, -0.15) is 0 Å². The molecule has 1 unspecified atom stereocenters. The minimum atomic E-state index is 0. The maximum atomic E-state index is 12.2. The molecule has 1 fully saturated rings. The van der Waals surface area contributed by atoms with Crippen molar-refractivity contribution >= 4 is 18.3 Å². The van der Waals surface area contributed by atoms with E-state index in [1.165, 1.54) is 0 Å². The number of carbonyl (C=O) groups is 1. The quantitative estimate of drug-likeness (QED) is 0.875. The van der Waals surface area contributed by atoms with Crippen molar-refractivity contribution < 1.29 is 4.79 Å². The summed E-state index contributed by atoms with van der Waals surface area (Å²) >= 11 is 0. The van der Waals surface area contributed by atoms with Crippen LogP contribution in [0.1, 0.15) is 22.3 Å². The summed E-state index contributed by atoms with van der Waals surface area (Å²) in [6.07, 6.45) is 1.04. The third kappa shape index (κ3) is 2.99. The SMILES string of the molecule is Cc1ccccc1C(=O)N1CCC(CN)C1.Cl. The molecular weight excluding hydrogens is 236 g/mol. The van der Waals surface area contributed by atoms with E-state index >= 15 is 0 Å². The summed E-state index contributed by atoms with van der Waals surface area (Å²) < 4.78 is 0. The van der Waals surface area contributed by atoms with Crippen LogP contribution in [-0.4, -0.2) is 30.4 Å². The van der Waals surface area contributed by atoms with Gasteiger partial charge in [-0.3, -0.25) is 4.79 Å². The van der Waals surface area contributed by atoms with Gasteiger partial charge >= 0.3 is 0 Å². The van der Waals surface area contributed by atoms with E-state index < -0.39 is 0 Å². The first kappa shape index (κ1) is 14.0. The van der Waals surface area contributed by atoms with Crippen molar-refractivity contribution in [2.24, 2.45) is 11.7 Å². The van der Waals surface area contributed by atoms with Crippen molar-refractivity contribution in [1.29, 1.82) is 0 Å². The molecule has 1 aliphatic heterocycles. The Morgan fingerprint density at radius 1 is 1.47 bits per heavy atom. The number of likely N-dealkylation sites (tertiary alicyclic amines) is 1. The number of carbonyl (C=O) groups excluding carboxylic acids is 1. The molecule has 0 aliphatic carbocycles. The fourth-order valence-electron chi connectivity index (χ4n) is 2.19. The van der Waals surface area contributed by atoms with E-state index in [0.717, 1.165) is 30.6 Å². The Bertz CT molecular complexity index is 395. The molecule has 2 rings (SSSR count). The molecular formula is C13H19ClN2O. The Labute approximate surface area is 108 Å². The molecule has 1 aromatic carbocycles. The molecule has 1 atom stereocenters. The largest absolute Gasteiger partial charge is 0.338 e. The molecule has 0 saturated carbocycles. The van der Waals surface area contributed by atoms with Crippen molar-refractivity contribution in [3.05, 3.63) is 35.4 Å². The molecule has 3 nitrogen and oxygen atoms in total. The molecule has 0 bridgehead atoms. The second kappa shape index (κ2) is 6.03. The number of amides is 1. The average molecular weight is 255 g/mol. The number of nitrogens with zero attached hydrogens (tertiary/aromatic N) is 1. The van der Waals surface area contributed by atoms with E-state index in [1.807, 2.05) is 36.1 Å². The maximum absolute atomic E-state index is 12.2. The number of halogens is 1. The maximum Gasteiger partial charge on any atom is 0.254 e. The smallest absolute Gasteiger partial charge is 0.254 e.